The van der Waals surface area contributed by atoms with Gasteiger partial charge in [-0.05, 0) is 73.1 Å². The summed E-state index contributed by atoms with van der Waals surface area (Å²) in [7, 11) is 0. The van der Waals surface area contributed by atoms with E-state index in [1.165, 1.54) is 11.8 Å². The van der Waals surface area contributed by atoms with Crippen LogP contribution in [0.1, 0.15) is 21.9 Å². The molecule has 0 aliphatic carbocycles. The van der Waals surface area contributed by atoms with Crippen molar-refractivity contribution in [3.63, 3.8) is 0 Å². The third-order valence-corrected chi connectivity index (χ3v) is 6.94. The van der Waals surface area contributed by atoms with Gasteiger partial charge in [0.2, 0.25) is 5.91 Å². The Bertz CT molecular complexity index is 1310. The van der Waals surface area contributed by atoms with Gasteiger partial charge < -0.3 is 16.0 Å². The molecular formula is C29H27N3OS2. The highest BCUT2D eigenvalue weighted by atomic mass is 32.2. The van der Waals surface area contributed by atoms with Crippen molar-refractivity contribution in [3.05, 3.63) is 120 Å². The maximum Gasteiger partial charge on any atom is 0.242 e. The van der Waals surface area contributed by atoms with Crippen LogP contribution in [0.4, 0.5) is 17.1 Å². The van der Waals surface area contributed by atoms with E-state index in [1.54, 1.807) is 0 Å². The number of thioether (sulfide) groups is 1. The molecule has 0 saturated carbocycles. The van der Waals surface area contributed by atoms with Gasteiger partial charge in [0.15, 0.2) is 5.11 Å². The molecule has 0 aliphatic rings. The number of rotatable bonds is 7. The van der Waals surface area contributed by atoms with Gasteiger partial charge in [0, 0.05) is 16.3 Å². The number of anilines is 3. The van der Waals surface area contributed by atoms with Gasteiger partial charge in [0.25, 0.3) is 0 Å². The van der Waals surface area contributed by atoms with Gasteiger partial charge in [0.05, 0.1) is 5.69 Å². The monoisotopic (exact) mass is 497 g/mol. The molecule has 1 amide bonds. The largest absolute Gasteiger partial charge is 0.332 e. The van der Waals surface area contributed by atoms with Crippen molar-refractivity contribution in [3.8, 4) is 0 Å². The Hall–Kier alpha value is -3.61. The molecule has 4 nitrogen and oxygen atoms in total. The molecule has 0 heterocycles. The van der Waals surface area contributed by atoms with Crippen LogP contribution in [-0.4, -0.2) is 11.0 Å². The number of amides is 1. The molecule has 4 rings (SSSR count). The lowest BCUT2D eigenvalue weighted by atomic mass is 10.1. The van der Waals surface area contributed by atoms with Crippen molar-refractivity contribution < 1.29 is 4.79 Å². The zero-order chi connectivity index (χ0) is 24.6. The molecule has 0 saturated heterocycles. The minimum Gasteiger partial charge on any atom is -0.332 e. The van der Waals surface area contributed by atoms with Crippen LogP contribution in [0.15, 0.2) is 108 Å². The summed E-state index contributed by atoms with van der Waals surface area (Å²) in [6.45, 7) is 4.02. The molecule has 1 atom stereocenters. The van der Waals surface area contributed by atoms with Gasteiger partial charge in [-0.15, -0.1) is 11.8 Å². The summed E-state index contributed by atoms with van der Waals surface area (Å²) in [5.41, 5.74) is 5.64. The van der Waals surface area contributed by atoms with Crippen LogP contribution in [0.3, 0.4) is 0 Å². The van der Waals surface area contributed by atoms with Crippen molar-refractivity contribution in [2.75, 3.05) is 16.0 Å². The van der Waals surface area contributed by atoms with Gasteiger partial charge in [-0.1, -0.05) is 72.8 Å². The highest BCUT2D eigenvalue weighted by Gasteiger charge is 2.24. The van der Waals surface area contributed by atoms with E-state index >= 15 is 0 Å². The van der Waals surface area contributed by atoms with Crippen LogP contribution >= 0.6 is 24.0 Å². The van der Waals surface area contributed by atoms with Crippen molar-refractivity contribution in [2.24, 2.45) is 0 Å². The number of thiocarbonyl (C=S) groups is 1. The van der Waals surface area contributed by atoms with Crippen molar-refractivity contribution >= 4 is 52.1 Å². The van der Waals surface area contributed by atoms with Crippen LogP contribution in [0.25, 0.3) is 0 Å². The van der Waals surface area contributed by atoms with E-state index < -0.39 is 5.25 Å². The molecule has 0 aromatic heterocycles. The number of benzene rings is 4. The Morgan fingerprint density at radius 3 is 2.14 bits per heavy atom. The fourth-order valence-corrected chi connectivity index (χ4v) is 4.92. The van der Waals surface area contributed by atoms with Gasteiger partial charge in [-0.2, -0.15) is 0 Å². The molecular weight excluding hydrogens is 470 g/mol. The van der Waals surface area contributed by atoms with E-state index in [2.05, 4.69) is 16.0 Å². The number of para-hydroxylation sites is 2. The number of carbonyl (C=O) groups excluding carboxylic acids is 1. The standard InChI is InChI=1S/C29H27N3OS2/c1-20-17-18-21(2)25(19-20)31-28(33)27(22-11-5-3-6-12-22)35-26-16-10-9-15-24(26)32-29(34)30-23-13-7-4-8-14-23/h3-19,27H,1-2H3,(H,31,33)(H2,30,32,34)/t27-/m1/s1. The van der Waals surface area contributed by atoms with E-state index in [0.717, 1.165) is 38.6 Å². The van der Waals surface area contributed by atoms with Crippen molar-refractivity contribution in [1.29, 1.82) is 0 Å². The predicted molar refractivity (Wildman–Crippen MR) is 152 cm³/mol. The normalized spacial score (nSPS) is 11.4. The summed E-state index contributed by atoms with van der Waals surface area (Å²) >= 11 is 7.03. The highest BCUT2D eigenvalue weighted by Crippen LogP contribution is 2.40. The summed E-state index contributed by atoms with van der Waals surface area (Å²) in [4.78, 5) is 14.5. The molecule has 6 heteroatoms. The van der Waals surface area contributed by atoms with Crippen LogP contribution in [-0.2, 0) is 4.79 Å². The Labute approximate surface area is 216 Å². The molecule has 0 unspecified atom stereocenters. The number of nitrogens with one attached hydrogen (secondary N) is 3. The molecule has 35 heavy (non-hydrogen) atoms. The SMILES string of the molecule is Cc1ccc(C)c(NC(=O)[C@H](Sc2ccccc2NC(=S)Nc2ccccc2)c2ccccc2)c1. The average molecular weight is 498 g/mol. The summed E-state index contributed by atoms with van der Waals surface area (Å²) in [6.07, 6.45) is 0. The molecule has 0 spiro atoms. The molecule has 3 N–H and O–H groups in total. The van der Waals surface area contributed by atoms with Crippen molar-refractivity contribution in [2.45, 2.75) is 24.0 Å². The fraction of sp³-hybridized carbons (Fsp3) is 0.103. The summed E-state index contributed by atoms with van der Waals surface area (Å²) in [6, 6.07) is 33.6. The topological polar surface area (TPSA) is 53.2 Å². The average Bonchev–Trinajstić information content (AvgIpc) is 2.86. The van der Waals surface area contributed by atoms with Gasteiger partial charge in [-0.25, -0.2) is 0 Å². The van der Waals surface area contributed by atoms with E-state index in [1.807, 2.05) is 117 Å². The summed E-state index contributed by atoms with van der Waals surface area (Å²) in [5, 5.41) is 9.67. The number of carbonyl (C=O) groups is 1. The second-order valence-corrected chi connectivity index (χ2v) is 9.71. The second-order valence-electron chi connectivity index (χ2n) is 8.16. The Morgan fingerprint density at radius 1 is 0.743 bits per heavy atom. The lowest BCUT2D eigenvalue weighted by Crippen LogP contribution is -2.21. The van der Waals surface area contributed by atoms with Crippen LogP contribution in [0.2, 0.25) is 0 Å². The fourth-order valence-electron chi connectivity index (χ4n) is 3.58. The molecule has 4 aromatic rings. The maximum atomic E-state index is 13.6. The maximum absolute atomic E-state index is 13.6. The molecule has 0 aliphatic heterocycles. The van der Waals surface area contributed by atoms with Gasteiger partial charge in [-0.3, -0.25) is 4.79 Å². The lowest BCUT2D eigenvalue weighted by molar-refractivity contribution is -0.115. The summed E-state index contributed by atoms with van der Waals surface area (Å²) < 4.78 is 0. The molecule has 0 radical (unpaired) electrons. The minimum absolute atomic E-state index is 0.0744. The smallest absolute Gasteiger partial charge is 0.242 e. The lowest BCUT2D eigenvalue weighted by Gasteiger charge is -2.20. The van der Waals surface area contributed by atoms with Crippen LogP contribution in [0.5, 0.6) is 0 Å². The number of aryl methyl sites for hydroxylation is 2. The zero-order valence-corrected chi connectivity index (χ0v) is 21.3. The number of hydrogen-bond acceptors (Lipinski definition) is 3. The molecule has 0 bridgehead atoms. The summed E-state index contributed by atoms with van der Waals surface area (Å²) in [5.74, 6) is -0.0744. The Kier molecular flexibility index (Phi) is 8.19. The Morgan fingerprint density at radius 2 is 1.40 bits per heavy atom. The van der Waals surface area contributed by atoms with E-state index in [4.69, 9.17) is 12.2 Å². The van der Waals surface area contributed by atoms with Crippen LogP contribution < -0.4 is 16.0 Å². The zero-order valence-electron chi connectivity index (χ0n) is 19.6. The first-order valence-electron chi connectivity index (χ1n) is 11.3. The third-order valence-electron chi connectivity index (χ3n) is 5.40. The highest BCUT2D eigenvalue weighted by molar-refractivity contribution is 8.00. The van der Waals surface area contributed by atoms with E-state index in [0.29, 0.717) is 5.11 Å². The molecule has 4 aromatic carbocycles. The molecule has 176 valence electrons. The Balaban J connectivity index is 1.57. The first-order valence-corrected chi connectivity index (χ1v) is 12.6. The van der Waals surface area contributed by atoms with E-state index in [9.17, 15) is 4.79 Å². The first kappa shape index (κ1) is 24.5. The quantitative estimate of drug-likeness (QED) is 0.181. The minimum atomic E-state index is -0.449. The number of hydrogen-bond donors (Lipinski definition) is 3. The predicted octanol–water partition coefficient (Wildman–Crippen LogP) is 7.58. The van der Waals surface area contributed by atoms with Crippen molar-refractivity contribution in [1.82, 2.24) is 0 Å². The third kappa shape index (κ3) is 6.72. The van der Waals surface area contributed by atoms with Crippen LogP contribution in [0, 0.1) is 13.8 Å². The van der Waals surface area contributed by atoms with Gasteiger partial charge in [0.1, 0.15) is 5.25 Å². The van der Waals surface area contributed by atoms with Gasteiger partial charge >= 0.3 is 0 Å². The second kappa shape index (κ2) is 11.7. The van der Waals surface area contributed by atoms with E-state index in [-0.39, 0.29) is 5.91 Å². The first-order chi connectivity index (χ1) is 17.0. The molecule has 0 fully saturated rings.